The van der Waals surface area contributed by atoms with Gasteiger partial charge in [0.2, 0.25) is 0 Å². The number of anilines is 1. The first kappa shape index (κ1) is 14.3. The van der Waals surface area contributed by atoms with Gasteiger partial charge >= 0.3 is 0 Å². The highest BCUT2D eigenvalue weighted by Crippen LogP contribution is 2.20. The van der Waals surface area contributed by atoms with E-state index in [4.69, 9.17) is 5.73 Å². The second-order valence-electron chi connectivity index (χ2n) is 4.58. The third-order valence-corrected chi connectivity index (χ3v) is 3.63. The molecule has 3 nitrogen and oxygen atoms in total. The maximum absolute atomic E-state index is 5.88. The van der Waals surface area contributed by atoms with Gasteiger partial charge < -0.3 is 10.6 Å². The van der Waals surface area contributed by atoms with Crippen molar-refractivity contribution in [1.29, 1.82) is 0 Å². The zero-order valence-electron chi connectivity index (χ0n) is 11.2. The average Bonchev–Trinajstić information content (AvgIpc) is 2.28. The quantitative estimate of drug-likeness (QED) is 0.843. The van der Waals surface area contributed by atoms with E-state index in [0.717, 1.165) is 18.0 Å². The molecule has 4 heteroatoms. The molecular formula is C13H23N3S. The van der Waals surface area contributed by atoms with E-state index in [1.807, 2.05) is 30.9 Å². The molecule has 1 aromatic heterocycles. The van der Waals surface area contributed by atoms with Gasteiger partial charge in [0.1, 0.15) is 5.82 Å². The minimum Gasteiger partial charge on any atom is -0.356 e. The third-order valence-electron chi connectivity index (χ3n) is 2.81. The first-order valence-electron chi connectivity index (χ1n) is 5.97. The summed E-state index contributed by atoms with van der Waals surface area (Å²) < 4.78 is 0. The Balaban J connectivity index is 2.88. The smallest absolute Gasteiger partial charge is 0.131 e. The lowest BCUT2D eigenvalue weighted by Crippen LogP contribution is -2.33. The summed E-state index contributed by atoms with van der Waals surface area (Å²) in [4.78, 5) is 6.74. The van der Waals surface area contributed by atoms with Gasteiger partial charge in [-0.2, -0.15) is 11.8 Å². The molecule has 0 aliphatic heterocycles. The molecule has 0 bridgehead atoms. The van der Waals surface area contributed by atoms with Gasteiger partial charge in [-0.15, -0.1) is 0 Å². The van der Waals surface area contributed by atoms with Gasteiger partial charge in [-0.05, 0) is 38.2 Å². The first-order valence-corrected chi connectivity index (χ1v) is 7.37. The Kier molecular flexibility index (Phi) is 5.78. The van der Waals surface area contributed by atoms with Crippen molar-refractivity contribution < 1.29 is 0 Å². The lowest BCUT2D eigenvalue weighted by atomic mass is 10.1. The van der Waals surface area contributed by atoms with Crippen LogP contribution in [0.2, 0.25) is 0 Å². The molecule has 0 spiro atoms. The Morgan fingerprint density at radius 1 is 1.47 bits per heavy atom. The van der Waals surface area contributed by atoms with E-state index in [1.54, 1.807) is 0 Å². The van der Waals surface area contributed by atoms with Crippen LogP contribution in [0.3, 0.4) is 0 Å². The Bertz CT molecular complexity index is 341. The first-order chi connectivity index (χ1) is 8.06. The van der Waals surface area contributed by atoms with Gasteiger partial charge in [0.25, 0.3) is 0 Å². The van der Waals surface area contributed by atoms with Gasteiger partial charge in [0, 0.05) is 31.1 Å². The lowest BCUT2D eigenvalue weighted by Gasteiger charge is -2.27. The summed E-state index contributed by atoms with van der Waals surface area (Å²) in [5, 5.41) is 0. The van der Waals surface area contributed by atoms with Gasteiger partial charge in [0.05, 0.1) is 0 Å². The maximum Gasteiger partial charge on any atom is 0.131 e. The Labute approximate surface area is 109 Å². The molecule has 2 atom stereocenters. The van der Waals surface area contributed by atoms with E-state index >= 15 is 0 Å². The Morgan fingerprint density at radius 3 is 2.76 bits per heavy atom. The predicted molar refractivity (Wildman–Crippen MR) is 77.8 cm³/mol. The van der Waals surface area contributed by atoms with Gasteiger partial charge in [-0.1, -0.05) is 6.07 Å². The molecule has 0 aromatic carbocycles. The number of aromatic nitrogens is 1. The molecule has 2 unspecified atom stereocenters. The van der Waals surface area contributed by atoms with E-state index in [2.05, 4.69) is 36.2 Å². The molecule has 0 fully saturated rings. The molecule has 0 saturated carbocycles. The normalized spacial score (nSPS) is 14.4. The monoisotopic (exact) mass is 253 g/mol. The summed E-state index contributed by atoms with van der Waals surface area (Å²) in [6, 6.07) is 4.75. The Morgan fingerprint density at radius 2 is 2.18 bits per heavy atom. The number of nitrogens with zero attached hydrogens (tertiary/aromatic N) is 2. The largest absolute Gasteiger partial charge is 0.356 e. The molecule has 96 valence electrons. The molecule has 1 aromatic rings. The SMILES string of the molecule is CSCC(C)N(C)c1ncccc1CC(C)N. The zero-order chi connectivity index (χ0) is 12.8. The van der Waals surface area contributed by atoms with Crippen LogP contribution in [0.1, 0.15) is 19.4 Å². The van der Waals surface area contributed by atoms with E-state index < -0.39 is 0 Å². The molecule has 1 rings (SSSR count). The molecule has 0 saturated heterocycles. The van der Waals surface area contributed by atoms with Crippen LogP contribution in [-0.4, -0.2) is 36.1 Å². The fraction of sp³-hybridized carbons (Fsp3) is 0.615. The number of hydrogen-bond acceptors (Lipinski definition) is 4. The molecular weight excluding hydrogens is 230 g/mol. The number of hydrogen-bond donors (Lipinski definition) is 1. The highest BCUT2D eigenvalue weighted by Gasteiger charge is 2.14. The third kappa shape index (κ3) is 4.21. The molecule has 0 aliphatic carbocycles. The minimum absolute atomic E-state index is 0.169. The summed E-state index contributed by atoms with van der Waals surface area (Å²) in [7, 11) is 2.11. The molecule has 1 heterocycles. The summed E-state index contributed by atoms with van der Waals surface area (Å²) in [6.45, 7) is 4.25. The molecule has 0 radical (unpaired) electrons. The number of thioether (sulfide) groups is 1. The van der Waals surface area contributed by atoms with Crippen molar-refractivity contribution >= 4 is 17.6 Å². The summed E-state index contributed by atoms with van der Waals surface area (Å²) in [5.41, 5.74) is 7.11. The fourth-order valence-electron chi connectivity index (χ4n) is 1.82. The standard InChI is InChI=1S/C13H23N3S/c1-10(14)8-12-6-5-7-15-13(12)16(3)11(2)9-17-4/h5-7,10-11H,8-9,14H2,1-4H3. The van der Waals surface area contributed by atoms with E-state index in [9.17, 15) is 0 Å². The highest BCUT2D eigenvalue weighted by molar-refractivity contribution is 7.98. The number of nitrogens with two attached hydrogens (primary N) is 1. The number of pyridine rings is 1. The number of rotatable bonds is 6. The van der Waals surface area contributed by atoms with Crippen molar-refractivity contribution in [1.82, 2.24) is 4.98 Å². The minimum atomic E-state index is 0.169. The fourth-order valence-corrected chi connectivity index (χ4v) is 2.52. The van der Waals surface area contributed by atoms with Crippen LogP contribution in [0.5, 0.6) is 0 Å². The molecule has 17 heavy (non-hydrogen) atoms. The van der Waals surface area contributed by atoms with Crippen molar-refractivity contribution in [3.8, 4) is 0 Å². The Hall–Kier alpha value is -0.740. The zero-order valence-corrected chi connectivity index (χ0v) is 12.0. The van der Waals surface area contributed by atoms with Crippen LogP contribution < -0.4 is 10.6 Å². The summed E-state index contributed by atoms with van der Waals surface area (Å²) >= 11 is 1.86. The molecule has 0 aliphatic rings. The summed E-state index contributed by atoms with van der Waals surface area (Å²) in [6.07, 6.45) is 4.85. The maximum atomic E-state index is 5.88. The van der Waals surface area contributed by atoms with Crippen molar-refractivity contribution in [2.24, 2.45) is 5.73 Å². The van der Waals surface area contributed by atoms with Crippen molar-refractivity contribution in [3.63, 3.8) is 0 Å². The van der Waals surface area contributed by atoms with Crippen LogP contribution in [0.15, 0.2) is 18.3 Å². The van der Waals surface area contributed by atoms with Gasteiger partial charge in [-0.25, -0.2) is 4.98 Å². The topological polar surface area (TPSA) is 42.2 Å². The van der Waals surface area contributed by atoms with Gasteiger partial charge in [-0.3, -0.25) is 0 Å². The molecule has 2 N–H and O–H groups in total. The average molecular weight is 253 g/mol. The van der Waals surface area contributed by atoms with Crippen LogP contribution in [-0.2, 0) is 6.42 Å². The van der Waals surface area contributed by atoms with Crippen LogP contribution >= 0.6 is 11.8 Å². The van der Waals surface area contributed by atoms with Crippen molar-refractivity contribution in [2.75, 3.05) is 24.0 Å². The van der Waals surface area contributed by atoms with E-state index in [-0.39, 0.29) is 6.04 Å². The van der Waals surface area contributed by atoms with Crippen molar-refractivity contribution in [2.45, 2.75) is 32.4 Å². The van der Waals surface area contributed by atoms with E-state index in [0.29, 0.717) is 6.04 Å². The second kappa shape index (κ2) is 6.87. The van der Waals surface area contributed by atoms with Crippen LogP contribution in [0.4, 0.5) is 5.82 Å². The van der Waals surface area contributed by atoms with E-state index in [1.165, 1.54) is 5.56 Å². The van der Waals surface area contributed by atoms with Crippen molar-refractivity contribution in [3.05, 3.63) is 23.9 Å². The summed E-state index contributed by atoms with van der Waals surface area (Å²) in [5.74, 6) is 2.16. The predicted octanol–water partition coefficient (Wildman–Crippen LogP) is 2.16. The molecule has 0 amide bonds. The van der Waals surface area contributed by atoms with Gasteiger partial charge in [0.15, 0.2) is 0 Å². The van der Waals surface area contributed by atoms with Crippen LogP contribution in [0, 0.1) is 0 Å². The lowest BCUT2D eigenvalue weighted by molar-refractivity contribution is 0.711. The highest BCUT2D eigenvalue weighted by atomic mass is 32.2. The second-order valence-corrected chi connectivity index (χ2v) is 5.49. The van der Waals surface area contributed by atoms with Crippen LogP contribution in [0.25, 0.3) is 0 Å².